The van der Waals surface area contributed by atoms with Crippen LogP contribution in [0.15, 0.2) is 10.9 Å². The Labute approximate surface area is 160 Å². The van der Waals surface area contributed by atoms with Gasteiger partial charge < -0.3 is 5.32 Å². The Bertz CT molecular complexity index is 874. The maximum atomic E-state index is 12.9. The number of nitrogens with zero attached hydrogens (tertiary/aromatic N) is 3. The molecule has 1 unspecified atom stereocenters. The highest BCUT2D eigenvalue weighted by Crippen LogP contribution is 2.21. The lowest BCUT2D eigenvalue weighted by atomic mass is 9.94. The van der Waals surface area contributed by atoms with Gasteiger partial charge in [0.1, 0.15) is 0 Å². The maximum absolute atomic E-state index is 12.9. The number of pyridine rings is 1. The van der Waals surface area contributed by atoms with E-state index in [1.807, 2.05) is 6.92 Å². The minimum Gasteiger partial charge on any atom is -0.350 e. The van der Waals surface area contributed by atoms with Crippen LogP contribution >= 0.6 is 0 Å². The van der Waals surface area contributed by atoms with Crippen LogP contribution in [0.3, 0.4) is 0 Å². The summed E-state index contributed by atoms with van der Waals surface area (Å²) >= 11 is 0. The van der Waals surface area contributed by atoms with E-state index in [1.54, 1.807) is 17.8 Å². The number of hydrogen-bond donors (Lipinski definition) is 2. The zero-order valence-corrected chi connectivity index (χ0v) is 17.0. The minimum absolute atomic E-state index is 0.210. The van der Waals surface area contributed by atoms with Gasteiger partial charge >= 0.3 is 0 Å². The molecule has 7 heteroatoms. The molecule has 3 rings (SSSR count). The average molecular weight is 374 g/mol. The number of amides is 1. The van der Waals surface area contributed by atoms with Crippen molar-refractivity contribution in [1.82, 2.24) is 25.0 Å². The van der Waals surface area contributed by atoms with Crippen LogP contribution < -0.4 is 10.9 Å². The molecular formula is C20H31N5O2. The third-order valence-electron chi connectivity index (χ3n) is 5.72. The highest BCUT2D eigenvalue weighted by Gasteiger charge is 2.26. The second-order valence-electron chi connectivity index (χ2n) is 8.25. The fourth-order valence-corrected chi connectivity index (χ4v) is 4.00. The fourth-order valence-electron chi connectivity index (χ4n) is 4.00. The normalized spacial score (nSPS) is 17.6. The summed E-state index contributed by atoms with van der Waals surface area (Å²) in [5.74, 6) is 1.01. The smallest absolute Gasteiger partial charge is 0.274 e. The van der Waals surface area contributed by atoms with Gasteiger partial charge in [0, 0.05) is 25.3 Å². The molecule has 1 aliphatic heterocycles. The average Bonchev–Trinajstić information content (AvgIpc) is 2.89. The van der Waals surface area contributed by atoms with Gasteiger partial charge in [0.25, 0.3) is 11.5 Å². The molecule has 1 fully saturated rings. The lowest BCUT2D eigenvalue weighted by molar-refractivity contribution is 0.0864. The Hall–Kier alpha value is -2.15. The van der Waals surface area contributed by atoms with E-state index in [2.05, 4.69) is 41.1 Å². The maximum Gasteiger partial charge on any atom is 0.274 e. The molecule has 1 aliphatic rings. The molecule has 0 aromatic carbocycles. The summed E-state index contributed by atoms with van der Waals surface area (Å²) in [6.45, 7) is 11.3. The van der Waals surface area contributed by atoms with Crippen LogP contribution in [0.25, 0.3) is 11.0 Å². The van der Waals surface area contributed by atoms with E-state index in [0.717, 1.165) is 19.0 Å². The van der Waals surface area contributed by atoms with E-state index in [9.17, 15) is 9.59 Å². The lowest BCUT2D eigenvalue weighted by Gasteiger charge is -2.38. The first-order valence-electron chi connectivity index (χ1n) is 9.86. The highest BCUT2D eigenvalue weighted by molar-refractivity contribution is 6.05. The Kier molecular flexibility index (Phi) is 5.69. The van der Waals surface area contributed by atoms with Crippen molar-refractivity contribution in [2.75, 3.05) is 19.6 Å². The Morgan fingerprint density at radius 3 is 2.67 bits per heavy atom. The zero-order valence-electron chi connectivity index (χ0n) is 17.0. The third-order valence-corrected chi connectivity index (χ3v) is 5.72. The van der Waals surface area contributed by atoms with E-state index in [-0.39, 0.29) is 11.5 Å². The van der Waals surface area contributed by atoms with Crippen molar-refractivity contribution in [2.45, 2.75) is 46.6 Å². The molecule has 2 aromatic rings. The first kappa shape index (κ1) is 19.6. The van der Waals surface area contributed by atoms with Gasteiger partial charge in [0.2, 0.25) is 0 Å². The van der Waals surface area contributed by atoms with Gasteiger partial charge in [-0.15, -0.1) is 0 Å². The number of aromatic amines is 1. The summed E-state index contributed by atoms with van der Waals surface area (Å²) in [4.78, 5) is 32.1. The van der Waals surface area contributed by atoms with Gasteiger partial charge in [-0.3, -0.25) is 24.3 Å². The Morgan fingerprint density at radius 2 is 2.04 bits per heavy atom. The second kappa shape index (κ2) is 7.84. The molecule has 3 heterocycles. The van der Waals surface area contributed by atoms with Crippen LogP contribution in [0.1, 0.15) is 49.7 Å². The number of carbonyl (C=O) groups is 1. The van der Waals surface area contributed by atoms with Gasteiger partial charge in [0.15, 0.2) is 5.65 Å². The second-order valence-corrected chi connectivity index (χ2v) is 8.25. The van der Waals surface area contributed by atoms with Crippen LogP contribution in [-0.4, -0.2) is 51.2 Å². The molecule has 0 aliphatic carbocycles. The predicted octanol–water partition coefficient (Wildman–Crippen LogP) is 2.06. The number of H-pyrrole nitrogens is 1. The number of aromatic nitrogens is 3. The monoisotopic (exact) mass is 373 g/mol. The zero-order chi connectivity index (χ0) is 19.7. The van der Waals surface area contributed by atoms with Crippen molar-refractivity contribution in [2.24, 2.45) is 18.9 Å². The minimum atomic E-state index is -0.282. The topological polar surface area (TPSA) is 83.0 Å². The molecule has 1 amide bonds. The van der Waals surface area contributed by atoms with Crippen molar-refractivity contribution >= 4 is 16.9 Å². The molecule has 0 spiro atoms. The number of aryl methyl sites for hydroxylation is 2. The van der Waals surface area contributed by atoms with Crippen molar-refractivity contribution in [3.63, 3.8) is 0 Å². The van der Waals surface area contributed by atoms with Gasteiger partial charge in [-0.2, -0.15) is 0 Å². The van der Waals surface area contributed by atoms with E-state index in [1.165, 1.54) is 12.8 Å². The standard InChI is InChI=1S/C20H31N5O2/c1-12(2)16(25-8-6-13(3)7-9-25)11-21-19(26)15-10-14(4)22-18-17(15)20(27)23-24(18)5/h10,12-13,16H,6-9,11H2,1-5H3,(H,21,26)(H,23,27). The van der Waals surface area contributed by atoms with Gasteiger partial charge in [-0.1, -0.05) is 20.8 Å². The Morgan fingerprint density at radius 1 is 1.37 bits per heavy atom. The van der Waals surface area contributed by atoms with Crippen LogP contribution in [0.4, 0.5) is 0 Å². The van der Waals surface area contributed by atoms with Gasteiger partial charge in [-0.25, -0.2) is 4.98 Å². The molecule has 1 atom stereocenters. The molecule has 7 nitrogen and oxygen atoms in total. The van der Waals surface area contributed by atoms with Crippen LogP contribution in [0, 0.1) is 18.8 Å². The van der Waals surface area contributed by atoms with Crippen molar-refractivity contribution in [3.8, 4) is 0 Å². The molecule has 2 aromatic heterocycles. The molecule has 1 saturated heterocycles. The van der Waals surface area contributed by atoms with Crippen molar-refractivity contribution in [3.05, 3.63) is 27.7 Å². The summed E-state index contributed by atoms with van der Waals surface area (Å²) in [5.41, 5.74) is 1.34. The summed E-state index contributed by atoms with van der Waals surface area (Å²) in [7, 11) is 1.73. The van der Waals surface area contributed by atoms with E-state index >= 15 is 0 Å². The third kappa shape index (κ3) is 4.08. The number of carbonyl (C=O) groups excluding carboxylic acids is 1. The predicted molar refractivity (Wildman–Crippen MR) is 107 cm³/mol. The fraction of sp³-hybridized carbons (Fsp3) is 0.650. The quantitative estimate of drug-likeness (QED) is 0.840. The summed E-state index contributed by atoms with van der Waals surface area (Å²) < 4.78 is 1.56. The number of fused-ring (bicyclic) bond motifs is 1. The van der Waals surface area contributed by atoms with Crippen LogP contribution in [0.5, 0.6) is 0 Å². The molecule has 0 radical (unpaired) electrons. The highest BCUT2D eigenvalue weighted by atomic mass is 16.2. The lowest BCUT2D eigenvalue weighted by Crippen LogP contribution is -2.49. The molecular weight excluding hydrogens is 342 g/mol. The number of nitrogens with one attached hydrogen (secondary N) is 2. The van der Waals surface area contributed by atoms with Crippen molar-refractivity contribution < 1.29 is 4.79 Å². The van der Waals surface area contributed by atoms with Gasteiger partial charge in [-0.05, 0) is 50.8 Å². The van der Waals surface area contributed by atoms with E-state index in [4.69, 9.17) is 0 Å². The first-order valence-corrected chi connectivity index (χ1v) is 9.86. The van der Waals surface area contributed by atoms with E-state index < -0.39 is 0 Å². The molecule has 0 bridgehead atoms. The largest absolute Gasteiger partial charge is 0.350 e. The summed E-state index contributed by atoms with van der Waals surface area (Å²) in [6, 6.07) is 1.99. The number of piperidine rings is 1. The molecule has 0 saturated carbocycles. The SMILES string of the molecule is Cc1cc(C(=O)NCC(C(C)C)N2CCC(C)CC2)c2c(=O)[nH]n(C)c2n1. The first-order chi connectivity index (χ1) is 12.8. The number of likely N-dealkylation sites (tertiary alicyclic amines) is 1. The van der Waals surface area contributed by atoms with Crippen molar-refractivity contribution in [1.29, 1.82) is 0 Å². The van der Waals surface area contributed by atoms with E-state index in [0.29, 0.717) is 40.8 Å². The van der Waals surface area contributed by atoms with Crippen LogP contribution in [-0.2, 0) is 7.05 Å². The molecule has 2 N–H and O–H groups in total. The Balaban J connectivity index is 1.79. The summed E-state index contributed by atoms with van der Waals surface area (Å²) in [5, 5.41) is 6.12. The van der Waals surface area contributed by atoms with Crippen LogP contribution in [0.2, 0.25) is 0 Å². The summed E-state index contributed by atoms with van der Waals surface area (Å²) in [6.07, 6.45) is 2.42. The molecule has 148 valence electrons. The molecule has 27 heavy (non-hydrogen) atoms. The van der Waals surface area contributed by atoms with Gasteiger partial charge in [0.05, 0.1) is 10.9 Å². The number of rotatable bonds is 5. The number of hydrogen-bond acceptors (Lipinski definition) is 4.